The summed E-state index contributed by atoms with van der Waals surface area (Å²) in [5.41, 5.74) is 2.87. The number of aryl methyl sites for hydroxylation is 2. The monoisotopic (exact) mass is 305 g/mol. The maximum absolute atomic E-state index is 11.8. The summed E-state index contributed by atoms with van der Waals surface area (Å²) < 4.78 is 29.4. The first kappa shape index (κ1) is 15.5. The maximum Gasteiger partial charge on any atom is 0.241 e. The fourth-order valence-corrected chi connectivity index (χ4v) is 2.82. The van der Waals surface area contributed by atoms with Crippen LogP contribution in [0.1, 0.15) is 23.6 Å². The Balaban J connectivity index is 2.60. The summed E-state index contributed by atoms with van der Waals surface area (Å²) in [6.45, 7) is 5.86. The van der Waals surface area contributed by atoms with Crippen molar-refractivity contribution in [3.8, 4) is 11.5 Å². The molecule has 0 spiro atoms. The summed E-state index contributed by atoms with van der Waals surface area (Å²) in [6, 6.07) is 10.7. The number of hydrogen-bond acceptors (Lipinski definition) is 3. The topological polar surface area (TPSA) is 69.4 Å². The van der Waals surface area contributed by atoms with Crippen molar-refractivity contribution in [2.75, 3.05) is 0 Å². The van der Waals surface area contributed by atoms with Crippen LogP contribution < -0.4 is 9.88 Å². The average molecular weight is 305 g/mol. The predicted octanol–water partition coefficient (Wildman–Crippen LogP) is 3.31. The van der Waals surface area contributed by atoms with Gasteiger partial charge >= 0.3 is 0 Å². The third kappa shape index (κ3) is 3.25. The van der Waals surface area contributed by atoms with Crippen molar-refractivity contribution in [1.82, 2.24) is 0 Å². The summed E-state index contributed by atoms with van der Waals surface area (Å²) in [5.74, 6) is 0.956. The summed E-state index contributed by atoms with van der Waals surface area (Å²) in [4.78, 5) is 0.0164. The minimum absolute atomic E-state index is 0.0164. The summed E-state index contributed by atoms with van der Waals surface area (Å²) in [6.07, 6.45) is 0.656. The zero-order valence-electron chi connectivity index (χ0n) is 12.4. The number of nitrogens with two attached hydrogens (primary N) is 1. The molecule has 0 bridgehead atoms. The van der Waals surface area contributed by atoms with Crippen molar-refractivity contribution in [2.24, 2.45) is 5.14 Å². The molecule has 2 rings (SSSR count). The molecule has 0 aliphatic heterocycles. The molecule has 0 fully saturated rings. The Morgan fingerprint density at radius 3 is 2.38 bits per heavy atom. The minimum atomic E-state index is -3.83. The van der Waals surface area contributed by atoms with E-state index in [0.717, 1.165) is 16.7 Å². The Labute approximate surface area is 125 Å². The molecule has 0 heterocycles. The Morgan fingerprint density at radius 1 is 1.10 bits per heavy atom. The Kier molecular flexibility index (Phi) is 4.34. The summed E-state index contributed by atoms with van der Waals surface area (Å²) in [5, 5.41) is 5.30. The average Bonchev–Trinajstić information content (AvgIpc) is 2.43. The van der Waals surface area contributed by atoms with Crippen molar-refractivity contribution in [3.63, 3.8) is 0 Å². The van der Waals surface area contributed by atoms with E-state index in [1.54, 1.807) is 6.07 Å². The van der Waals surface area contributed by atoms with Crippen LogP contribution in [-0.2, 0) is 16.4 Å². The lowest BCUT2D eigenvalue weighted by molar-refractivity contribution is 0.458. The molecule has 0 amide bonds. The number of benzene rings is 2. The molecule has 0 aliphatic carbocycles. The van der Waals surface area contributed by atoms with Gasteiger partial charge in [0.05, 0.1) is 0 Å². The number of primary sulfonamides is 1. The molecule has 2 aromatic carbocycles. The van der Waals surface area contributed by atoms with Crippen LogP contribution in [0.4, 0.5) is 0 Å². The Hall–Kier alpha value is -1.85. The van der Waals surface area contributed by atoms with Crippen LogP contribution in [0.5, 0.6) is 11.5 Å². The molecule has 0 aromatic heterocycles. The van der Waals surface area contributed by atoms with Crippen LogP contribution >= 0.6 is 0 Å². The SMILES string of the molecule is CCc1cccc(S(N)(=O)=O)c1Oc1cccc(C)c1C. The van der Waals surface area contributed by atoms with Gasteiger partial charge in [-0.15, -0.1) is 0 Å². The van der Waals surface area contributed by atoms with Crippen molar-refractivity contribution >= 4 is 10.0 Å². The van der Waals surface area contributed by atoms with Gasteiger partial charge in [0, 0.05) is 0 Å². The first-order valence-electron chi connectivity index (χ1n) is 6.73. The normalized spacial score (nSPS) is 11.4. The standard InChI is InChI=1S/C16H19NO3S/c1-4-13-8-6-10-15(21(17,18)19)16(13)20-14-9-5-7-11(2)12(14)3/h5-10H,4H2,1-3H3,(H2,17,18,19). The van der Waals surface area contributed by atoms with E-state index >= 15 is 0 Å². The largest absolute Gasteiger partial charge is 0.455 e. The highest BCUT2D eigenvalue weighted by Gasteiger charge is 2.19. The van der Waals surface area contributed by atoms with Gasteiger partial charge in [-0.3, -0.25) is 0 Å². The Bertz CT molecular complexity index is 767. The molecule has 0 saturated heterocycles. The van der Waals surface area contributed by atoms with Gasteiger partial charge in [0.1, 0.15) is 10.6 Å². The van der Waals surface area contributed by atoms with E-state index in [1.165, 1.54) is 6.07 Å². The highest BCUT2D eigenvalue weighted by atomic mass is 32.2. The summed E-state index contributed by atoms with van der Waals surface area (Å²) >= 11 is 0. The van der Waals surface area contributed by atoms with Crippen molar-refractivity contribution in [3.05, 3.63) is 53.1 Å². The van der Waals surface area contributed by atoms with Gasteiger partial charge in [0.2, 0.25) is 10.0 Å². The van der Waals surface area contributed by atoms with E-state index in [4.69, 9.17) is 9.88 Å². The highest BCUT2D eigenvalue weighted by Crippen LogP contribution is 2.34. The second-order valence-corrected chi connectivity index (χ2v) is 6.47. The van der Waals surface area contributed by atoms with E-state index in [9.17, 15) is 8.42 Å². The molecule has 2 N–H and O–H groups in total. The van der Waals surface area contributed by atoms with Gasteiger partial charge in [-0.25, -0.2) is 13.6 Å². The number of rotatable bonds is 4. The van der Waals surface area contributed by atoms with Crippen LogP contribution in [0.25, 0.3) is 0 Å². The van der Waals surface area contributed by atoms with E-state index in [2.05, 4.69) is 0 Å². The quantitative estimate of drug-likeness (QED) is 0.942. The van der Waals surface area contributed by atoms with Gasteiger partial charge in [-0.1, -0.05) is 31.2 Å². The number of ether oxygens (including phenoxy) is 1. The van der Waals surface area contributed by atoms with Crippen molar-refractivity contribution in [2.45, 2.75) is 32.1 Å². The molecular formula is C16H19NO3S. The molecular weight excluding hydrogens is 286 g/mol. The smallest absolute Gasteiger partial charge is 0.241 e. The number of para-hydroxylation sites is 1. The molecule has 0 saturated carbocycles. The van der Waals surface area contributed by atoms with Crippen LogP contribution in [0.15, 0.2) is 41.3 Å². The lowest BCUT2D eigenvalue weighted by Crippen LogP contribution is -2.14. The fraction of sp³-hybridized carbons (Fsp3) is 0.250. The Morgan fingerprint density at radius 2 is 1.76 bits per heavy atom. The second-order valence-electron chi connectivity index (χ2n) is 4.94. The zero-order valence-corrected chi connectivity index (χ0v) is 13.2. The molecule has 21 heavy (non-hydrogen) atoms. The van der Waals surface area contributed by atoms with E-state index in [0.29, 0.717) is 17.9 Å². The molecule has 5 heteroatoms. The predicted molar refractivity (Wildman–Crippen MR) is 83.2 cm³/mol. The van der Waals surface area contributed by atoms with E-state index in [-0.39, 0.29) is 4.90 Å². The van der Waals surface area contributed by atoms with E-state index in [1.807, 2.05) is 45.0 Å². The van der Waals surface area contributed by atoms with Crippen molar-refractivity contribution in [1.29, 1.82) is 0 Å². The van der Waals surface area contributed by atoms with Crippen LogP contribution in [0.3, 0.4) is 0 Å². The van der Waals surface area contributed by atoms with Gasteiger partial charge in [-0.2, -0.15) is 0 Å². The first-order valence-corrected chi connectivity index (χ1v) is 8.28. The molecule has 0 radical (unpaired) electrons. The molecule has 0 atom stereocenters. The molecule has 4 nitrogen and oxygen atoms in total. The number of sulfonamides is 1. The van der Waals surface area contributed by atoms with Crippen LogP contribution in [0, 0.1) is 13.8 Å². The van der Waals surface area contributed by atoms with Gasteiger partial charge in [-0.05, 0) is 49.1 Å². The van der Waals surface area contributed by atoms with Crippen LogP contribution in [0.2, 0.25) is 0 Å². The van der Waals surface area contributed by atoms with Gasteiger partial charge in [0.25, 0.3) is 0 Å². The molecule has 0 unspecified atom stereocenters. The second kappa shape index (κ2) is 5.87. The fourth-order valence-electron chi connectivity index (χ4n) is 2.12. The third-order valence-electron chi connectivity index (χ3n) is 3.51. The molecule has 0 aliphatic rings. The van der Waals surface area contributed by atoms with Crippen molar-refractivity contribution < 1.29 is 13.2 Å². The highest BCUT2D eigenvalue weighted by molar-refractivity contribution is 7.89. The summed E-state index contributed by atoms with van der Waals surface area (Å²) in [7, 11) is -3.83. The lowest BCUT2D eigenvalue weighted by atomic mass is 10.1. The lowest BCUT2D eigenvalue weighted by Gasteiger charge is -2.16. The van der Waals surface area contributed by atoms with E-state index < -0.39 is 10.0 Å². The van der Waals surface area contributed by atoms with Crippen LogP contribution in [-0.4, -0.2) is 8.42 Å². The van der Waals surface area contributed by atoms with Gasteiger partial charge in [0.15, 0.2) is 5.75 Å². The zero-order chi connectivity index (χ0) is 15.6. The molecule has 2 aromatic rings. The van der Waals surface area contributed by atoms with Gasteiger partial charge < -0.3 is 4.74 Å². The third-order valence-corrected chi connectivity index (χ3v) is 4.45. The molecule has 112 valence electrons. The first-order chi connectivity index (χ1) is 9.84. The number of hydrogen-bond donors (Lipinski definition) is 1. The minimum Gasteiger partial charge on any atom is -0.455 e. The maximum atomic E-state index is 11.8.